The molecule has 1 rings (SSSR count). The highest BCUT2D eigenvalue weighted by atomic mass is 35.5. The average Bonchev–Trinajstić information content (AvgIpc) is 2.24. The van der Waals surface area contributed by atoms with Gasteiger partial charge in [-0.3, -0.25) is 0 Å². The lowest BCUT2D eigenvalue weighted by atomic mass is 10.1. The number of methoxy groups -OCH3 is 1. The minimum atomic E-state index is 0.534. The zero-order valence-electron chi connectivity index (χ0n) is 9.44. The molecule has 0 aromatic heterocycles. The summed E-state index contributed by atoms with van der Waals surface area (Å²) >= 11 is 12.1. The van der Waals surface area contributed by atoms with Crippen molar-refractivity contribution in [3.05, 3.63) is 27.7 Å². The first kappa shape index (κ1) is 13.2. The molecule has 0 saturated heterocycles. The van der Waals surface area contributed by atoms with Crippen molar-refractivity contribution in [3.63, 3.8) is 0 Å². The van der Waals surface area contributed by atoms with E-state index in [9.17, 15) is 0 Å². The lowest BCUT2D eigenvalue weighted by Gasteiger charge is -2.07. The Balaban J connectivity index is 2.76. The van der Waals surface area contributed by atoms with Crippen LogP contribution in [0, 0.1) is 11.8 Å². The standard InChI is InChI=1S/C13H14Cl2O/c1-3-4-5-6-7-10-8-11(14)13(16-2)12(15)9-10/h8-9H,3,6-7H2,1-2H3. The maximum absolute atomic E-state index is 6.03. The molecule has 0 radical (unpaired) electrons. The molecule has 1 nitrogen and oxygen atoms in total. The van der Waals surface area contributed by atoms with E-state index in [0.717, 1.165) is 24.8 Å². The summed E-state index contributed by atoms with van der Waals surface area (Å²) in [7, 11) is 1.56. The van der Waals surface area contributed by atoms with Gasteiger partial charge in [-0.15, -0.1) is 11.8 Å². The first-order valence-electron chi connectivity index (χ1n) is 5.16. The van der Waals surface area contributed by atoms with Gasteiger partial charge in [-0.2, -0.15) is 0 Å². The van der Waals surface area contributed by atoms with E-state index >= 15 is 0 Å². The van der Waals surface area contributed by atoms with E-state index in [4.69, 9.17) is 27.9 Å². The Hall–Kier alpha value is -0.840. The Morgan fingerprint density at radius 3 is 2.31 bits per heavy atom. The van der Waals surface area contributed by atoms with Gasteiger partial charge in [0.2, 0.25) is 0 Å². The molecular weight excluding hydrogens is 243 g/mol. The van der Waals surface area contributed by atoms with Crippen LogP contribution in [0.5, 0.6) is 5.75 Å². The van der Waals surface area contributed by atoms with Crippen LogP contribution in [-0.2, 0) is 6.42 Å². The van der Waals surface area contributed by atoms with Crippen LogP contribution in [0.3, 0.4) is 0 Å². The van der Waals surface area contributed by atoms with Crippen molar-refractivity contribution < 1.29 is 4.74 Å². The van der Waals surface area contributed by atoms with Gasteiger partial charge in [-0.25, -0.2) is 0 Å². The van der Waals surface area contributed by atoms with Crippen LogP contribution in [0.25, 0.3) is 0 Å². The fourth-order valence-corrected chi connectivity index (χ4v) is 2.06. The number of ether oxygens (including phenoxy) is 1. The monoisotopic (exact) mass is 256 g/mol. The van der Waals surface area contributed by atoms with Gasteiger partial charge in [0.15, 0.2) is 5.75 Å². The van der Waals surface area contributed by atoms with Crippen molar-refractivity contribution in [1.29, 1.82) is 0 Å². The van der Waals surface area contributed by atoms with Crippen LogP contribution in [0.4, 0.5) is 0 Å². The summed E-state index contributed by atoms with van der Waals surface area (Å²) < 4.78 is 5.08. The van der Waals surface area contributed by atoms with Gasteiger partial charge in [0.25, 0.3) is 0 Å². The number of halogens is 2. The maximum atomic E-state index is 6.03. The number of rotatable bonds is 3. The summed E-state index contributed by atoms with van der Waals surface area (Å²) in [6.07, 6.45) is 2.58. The van der Waals surface area contributed by atoms with Crippen molar-refractivity contribution in [3.8, 4) is 17.6 Å². The molecule has 0 bridgehead atoms. The molecule has 0 aliphatic heterocycles. The van der Waals surface area contributed by atoms with Gasteiger partial charge < -0.3 is 4.74 Å². The molecule has 0 amide bonds. The fourth-order valence-electron chi connectivity index (χ4n) is 1.37. The van der Waals surface area contributed by atoms with Gasteiger partial charge >= 0.3 is 0 Å². The smallest absolute Gasteiger partial charge is 0.156 e. The van der Waals surface area contributed by atoms with Crippen LogP contribution in [0.2, 0.25) is 10.0 Å². The molecule has 0 heterocycles. The van der Waals surface area contributed by atoms with Crippen LogP contribution in [-0.4, -0.2) is 7.11 Å². The molecule has 0 unspecified atom stereocenters. The maximum Gasteiger partial charge on any atom is 0.156 e. The molecule has 1 aromatic carbocycles. The van der Waals surface area contributed by atoms with E-state index in [1.54, 1.807) is 7.11 Å². The summed E-state index contributed by atoms with van der Waals surface area (Å²) in [5.41, 5.74) is 1.08. The highest BCUT2D eigenvalue weighted by Crippen LogP contribution is 2.34. The molecule has 86 valence electrons. The highest BCUT2D eigenvalue weighted by Gasteiger charge is 2.07. The van der Waals surface area contributed by atoms with Crippen LogP contribution in [0.15, 0.2) is 12.1 Å². The third-order valence-corrected chi connectivity index (χ3v) is 2.66. The van der Waals surface area contributed by atoms with Crippen molar-refractivity contribution >= 4 is 23.2 Å². The van der Waals surface area contributed by atoms with Gasteiger partial charge in [0.1, 0.15) is 0 Å². The van der Waals surface area contributed by atoms with E-state index in [0.29, 0.717) is 15.8 Å². The van der Waals surface area contributed by atoms with Crippen molar-refractivity contribution in [1.82, 2.24) is 0 Å². The second kappa shape index (κ2) is 6.68. The van der Waals surface area contributed by atoms with Crippen LogP contribution < -0.4 is 4.74 Å². The SMILES string of the molecule is CCC#CCCc1cc(Cl)c(OC)c(Cl)c1. The minimum Gasteiger partial charge on any atom is -0.494 e. The predicted molar refractivity (Wildman–Crippen MR) is 69.4 cm³/mol. The van der Waals surface area contributed by atoms with Crippen molar-refractivity contribution in [2.24, 2.45) is 0 Å². The third-order valence-electron chi connectivity index (χ3n) is 2.10. The number of benzene rings is 1. The molecule has 0 spiro atoms. The lowest BCUT2D eigenvalue weighted by Crippen LogP contribution is -1.90. The average molecular weight is 257 g/mol. The molecule has 16 heavy (non-hydrogen) atoms. The molecule has 0 fully saturated rings. The molecular formula is C13H14Cl2O. The Morgan fingerprint density at radius 2 is 1.81 bits per heavy atom. The predicted octanol–water partition coefficient (Wildman–Crippen LogP) is 4.35. The summed E-state index contributed by atoms with van der Waals surface area (Å²) in [6, 6.07) is 3.75. The largest absolute Gasteiger partial charge is 0.494 e. The fraction of sp³-hybridized carbons (Fsp3) is 0.385. The Kier molecular flexibility index (Phi) is 5.52. The molecule has 3 heteroatoms. The van der Waals surface area contributed by atoms with E-state index in [1.807, 2.05) is 19.1 Å². The molecule has 0 atom stereocenters. The van der Waals surface area contributed by atoms with E-state index < -0.39 is 0 Å². The summed E-state index contributed by atoms with van der Waals surface area (Å²) in [4.78, 5) is 0. The second-order valence-electron chi connectivity index (χ2n) is 3.30. The normalized spacial score (nSPS) is 9.50. The quantitative estimate of drug-likeness (QED) is 0.731. The first-order valence-corrected chi connectivity index (χ1v) is 5.92. The minimum absolute atomic E-state index is 0.534. The van der Waals surface area contributed by atoms with Gasteiger partial charge in [0, 0.05) is 12.8 Å². The Morgan fingerprint density at radius 1 is 1.19 bits per heavy atom. The van der Waals surface area contributed by atoms with E-state index in [-0.39, 0.29) is 0 Å². The summed E-state index contributed by atoms with van der Waals surface area (Å²) in [6.45, 7) is 2.04. The number of hydrogen-bond acceptors (Lipinski definition) is 1. The molecule has 0 aliphatic carbocycles. The highest BCUT2D eigenvalue weighted by molar-refractivity contribution is 6.37. The summed E-state index contributed by atoms with van der Waals surface area (Å²) in [5.74, 6) is 6.65. The van der Waals surface area contributed by atoms with Crippen molar-refractivity contribution in [2.45, 2.75) is 26.2 Å². The first-order chi connectivity index (χ1) is 7.69. The summed E-state index contributed by atoms with van der Waals surface area (Å²) in [5, 5.41) is 1.10. The second-order valence-corrected chi connectivity index (χ2v) is 4.11. The molecule has 0 saturated carbocycles. The zero-order valence-corrected chi connectivity index (χ0v) is 11.0. The lowest BCUT2D eigenvalue weighted by molar-refractivity contribution is 0.415. The van der Waals surface area contributed by atoms with Gasteiger partial charge in [-0.05, 0) is 24.1 Å². The zero-order chi connectivity index (χ0) is 12.0. The Labute approximate surface area is 107 Å². The number of hydrogen-bond donors (Lipinski definition) is 0. The van der Waals surface area contributed by atoms with Crippen LogP contribution in [0.1, 0.15) is 25.3 Å². The van der Waals surface area contributed by atoms with Gasteiger partial charge in [0.05, 0.1) is 17.2 Å². The Bertz CT molecular complexity index is 393. The van der Waals surface area contributed by atoms with E-state index in [2.05, 4.69) is 11.8 Å². The van der Waals surface area contributed by atoms with Gasteiger partial charge in [-0.1, -0.05) is 30.1 Å². The van der Waals surface area contributed by atoms with E-state index in [1.165, 1.54) is 0 Å². The third kappa shape index (κ3) is 3.63. The number of aryl methyl sites for hydroxylation is 1. The molecule has 1 aromatic rings. The van der Waals surface area contributed by atoms with Crippen LogP contribution >= 0.6 is 23.2 Å². The molecule has 0 aliphatic rings. The topological polar surface area (TPSA) is 9.23 Å². The molecule has 0 N–H and O–H groups in total. The van der Waals surface area contributed by atoms with Crippen molar-refractivity contribution in [2.75, 3.05) is 7.11 Å².